The number of nitrogens with zero attached hydrogens (tertiary/aromatic N) is 2. The first-order chi connectivity index (χ1) is 8.69. The van der Waals surface area contributed by atoms with Crippen molar-refractivity contribution in [2.75, 3.05) is 11.7 Å². The zero-order valence-corrected chi connectivity index (χ0v) is 12.2. The minimum absolute atomic E-state index is 0.835. The Morgan fingerprint density at radius 2 is 2.00 bits per heavy atom. The highest BCUT2D eigenvalue weighted by molar-refractivity contribution is 7.98. The summed E-state index contributed by atoms with van der Waals surface area (Å²) in [7, 11) is 0. The van der Waals surface area contributed by atoms with E-state index >= 15 is 0 Å². The summed E-state index contributed by atoms with van der Waals surface area (Å²) in [6, 6.07) is 8.28. The van der Waals surface area contributed by atoms with Gasteiger partial charge in [-0.25, -0.2) is 4.98 Å². The Hall–Kier alpha value is -1.33. The first-order valence-electron chi connectivity index (χ1n) is 5.56. The van der Waals surface area contributed by atoms with Crippen LogP contribution in [0.5, 0.6) is 0 Å². The fourth-order valence-corrected chi connectivity index (χ4v) is 2.55. The second-order valence-corrected chi connectivity index (χ2v) is 5.89. The van der Waals surface area contributed by atoms with Crippen LogP contribution in [-0.2, 0) is 0 Å². The van der Waals surface area contributed by atoms with Crippen molar-refractivity contribution < 1.29 is 0 Å². The summed E-state index contributed by atoms with van der Waals surface area (Å²) in [5.74, 6) is 0. The topological polar surface area (TPSA) is 37.3 Å². The molecule has 0 amide bonds. The molecule has 0 aliphatic heterocycles. The molecule has 0 saturated carbocycles. The van der Waals surface area contributed by atoms with Crippen molar-refractivity contribution in [3.05, 3.63) is 40.4 Å². The molecule has 2 rings (SSSR count). The molecule has 1 heterocycles. The predicted molar refractivity (Wildman–Crippen MR) is 81.0 cm³/mol. The number of aryl methyl sites for hydroxylation is 2. The maximum Gasteiger partial charge on any atom is 0.203 e. The summed E-state index contributed by atoms with van der Waals surface area (Å²) in [6.45, 7) is 4.06. The van der Waals surface area contributed by atoms with Crippen LogP contribution in [0.4, 0.5) is 5.13 Å². The van der Waals surface area contributed by atoms with Gasteiger partial charge in [-0.1, -0.05) is 12.1 Å². The highest BCUT2D eigenvalue weighted by Gasteiger charge is 2.00. The highest BCUT2D eigenvalue weighted by Crippen LogP contribution is 2.20. The molecule has 0 unspecified atom stereocenters. The van der Waals surface area contributed by atoms with Gasteiger partial charge in [-0.05, 0) is 37.8 Å². The quantitative estimate of drug-likeness (QED) is 0.523. The second-order valence-electron chi connectivity index (χ2n) is 3.80. The fraction of sp³-hybridized carbons (Fsp3) is 0.231. The highest BCUT2D eigenvalue weighted by atomic mass is 32.2. The molecule has 2 aromatic rings. The van der Waals surface area contributed by atoms with E-state index in [0.29, 0.717) is 0 Å². The van der Waals surface area contributed by atoms with Gasteiger partial charge >= 0.3 is 0 Å². The fourth-order valence-electron chi connectivity index (χ4n) is 1.37. The summed E-state index contributed by atoms with van der Waals surface area (Å²) >= 11 is 3.35. The molecular weight excluding hydrogens is 262 g/mol. The van der Waals surface area contributed by atoms with Crippen LogP contribution < -0.4 is 5.43 Å². The summed E-state index contributed by atoms with van der Waals surface area (Å²) in [5.41, 5.74) is 5.09. The predicted octanol–water partition coefficient (Wildman–Crippen LogP) is 3.93. The van der Waals surface area contributed by atoms with Crippen molar-refractivity contribution in [3.63, 3.8) is 0 Å². The Kier molecular flexibility index (Phi) is 4.38. The van der Waals surface area contributed by atoms with Crippen molar-refractivity contribution in [2.45, 2.75) is 18.7 Å². The third-order valence-electron chi connectivity index (χ3n) is 2.52. The zero-order chi connectivity index (χ0) is 13.0. The number of hydrogen-bond acceptors (Lipinski definition) is 5. The minimum Gasteiger partial charge on any atom is -0.253 e. The standard InChI is InChI=1S/C13H15N3S2/c1-9-10(2)18-13(15-9)16-14-8-11-4-6-12(17-3)7-5-11/h4-8H,1-3H3,(H,15,16)/b14-8+. The number of thioether (sulfide) groups is 1. The Morgan fingerprint density at radius 3 is 2.56 bits per heavy atom. The van der Waals surface area contributed by atoms with Gasteiger partial charge in [0, 0.05) is 9.77 Å². The normalized spacial score (nSPS) is 11.1. The number of benzene rings is 1. The molecule has 18 heavy (non-hydrogen) atoms. The first kappa shape index (κ1) is 13.1. The molecule has 0 aliphatic rings. The van der Waals surface area contributed by atoms with E-state index in [4.69, 9.17) is 0 Å². The van der Waals surface area contributed by atoms with Crippen LogP contribution >= 0.6 is 23.1 Å². The lowest BCUT2D eigenvalue weighted by Crippen LogP contribution is -1.89. The van der Waals surface area contributed by atoms with Crippen LogP contribution in [0.15, 0.2) is 34.3 Å². The van der Waals surface area contributed by atoms with E-state index < -0.39 is 0 Å². The Labute approximate surface area is 115 Å². The van der Waals surface area contributed by atoms with E-state index in [0.717, 1.165) is 16.4 Å². The molecule has 1 aromatic heterocycles. The van der Waals surface area contributed by atoms with E-state index in [1.165, 1.54) is 9.77 Å². The lowest BCUT2D eigenvalue weighted by molar-refractivity contribution is 1.20. The summed E-state index contributed by atoms with van der Waals surface area (Å²) < 4.78 is 0. The van der Waals surface area contributed by atoms with Crippen molar-refractivity contribution >= 4 is 34.4 Å². The average Bonchev–Trinajstić information content (AvgIpc) is 2.69. The van der Waals surface area contributed by atoms with Crippen molar-refractivity contribution in [2.24, 2.45) is 5.10 Å². The van der Waals surface area contributed by atoms with Crippen LogP contribution in [-0.4, -0.2) is 17.5 Å². The molecule has 3 nitrogen and oxygen atoms in total. The summed E-state index contributed by atoms with van der Waals surface area (Å²) in [4.78, 5) is 6.83. The number of anilines is 1. The molecular formula is C13H15N3S2. The van der Waals surface area contributed by atoms with Gasteiger partial charge in [0.05, 0.1) is 11.9 Å². The molecule has 1 N–H and O–H groups in total. The Morgan fingerprint density at radius 1 is 1.28 bits per heavy atom. The van der Waals surface area contributed by atoms with Gasteiger partial charge in [0.2, 0.25) is 5.13 Å². The molecule has 94 valence electrons. The molecule has 0 bridgehead atoms. The van der Waals surface area contributed by atoms with E-state index in [1.54, 1.807) is 29.3 Å². The van der Waals surface area contributed by atoms with Crippen molar-refractivity contribution in [3.8, 4) is 0 Å². The minimum atomic E-state index is 0.835. The van der Waals surface area contributed by atoms with Gasteiger partial charge in [-0.3, -0.25) is 5.43 Å². The number of nitrogens with one attached hydrogen (secondary N) is 1. The van der Waals surface area contributed by atoms with Gasteiger partial charge < -0.3 is 0 Å². The summed E-state index contributed by atoms with van der Waals surface area (Å²) in [5, 5.41) is 5.02. The molecule has 0 saturated heterocycles. The van der Waals surface area contributed by atoms with E-state index in [9.17, 15) is 0 Å². The number of hydrogen-bond donors (Lipinski definition) is 1. The van der Waals surface area contributed by atoms with Crippen molar-refractivity contribution in [1.29, 1.82) is 0 Å². The second kappa shape index (κ2) is 6.02. The lowest BCUT2D eigenvalue weighted by atomic mass is 10.2. The maximum absolute atomic E-state index is 4.36. The third kappa shape index (κ3) is 3.34. The molecule has 0 fully saturated rings. The zero-order valence-electron chi connectivity index (χ0n) is 10.6. The van der Waals surface area contributed by atoms with Gasteiger partial charge in [-0.15, -0.1) is 23.1 Å². The average molecular weight is 277 g/mol. The monoisotopic (exact) mass is 277 g/mol. The Bertz CT molecular complexity index is 524. The van der Waals surface area contributed by atoms with Crippen LogP contribution in [0.3, 0.4) is 0 Å². The molecule has 0 radical (unpaired) electrons. The molecule has 0 spiro atoms. The number of rotatable bonds is 4. The van der Waals surface area contributed by atoms with Gasteiger partial charge in [0.1, 0.15) is 0 Å². The first-order valence-corrected chi connectivity index (χ1v) is 7.60. The van der Waals surface area contributed by atoms with E-state index in [-0.39, 0.29) is 0 Å². The lowest BCUT2D eigenvalue weighted by Gasteiger charge is -1.97. The summed E-state index contributed by atoms with van der Waals surface area (Å²) in [6.07, 6.45) is 3.87. The number of aromatic nitrogens is 1. The van der Waals surface area contributed by atoms with Crippen molar-refractivity contribution in [1.82, 2.24) is 4.98 Å². The van der Waals surface area contributed by atoms with Crippen LogP contribution in [0.1, 0.15) is 16.1 Å². The molecule has 0 atom stereocenters. The number of thiazole rings is 1. The largest absolute Gasteiger partial charge is 0.253 e. The molecule has 5 heteroatoms. The SMILES string of the molecule is CSc1ccc(/C=N/Nc2nc(C)c(C)s2)cc1. The van der Waals surface area contributed by atoms with E-state index in [2.05, 4.69) is 53.0 Å². The molecule has 1 aromatic carbocycles. The van der Waals surface area contributed by atoms with Crippen LogP contribution in [0.25, 0.3) is 0 Å². The smallest absolute Gasteiger partial charge is 0.203 e. The van der Waals surface area contributed by atoms with Gasteiger partial charge in [0.15, 0.2) is 0 Å². The molecule has 0 aliphatic carbocycles. The third-order valence-corrected chi connectivity index (χ3v) is 4.24. The van der Waals surface area contributed by atoms with Gasteiger partial charge in [-0.2, -0.15) is 5.10 Å². The van der Waals surface area contributed by atoms with Gasteiger partial charge in [0.25, 0.3) is 0 Å². The Balaban J connectivity index is 1.98. The van der Waals surface area contributed by atoms with Crippen LogP contribution in [0.2, 0.25) is 0 Å². The van der Waals surface area contributed by atoms with Crippen LogP contribution in [0, 0.1) is 13.8 Å². The van der Waals surface area contributed by atoms with E-state index in [1.807, 2.05) is 6.92 Å². The maximum atomic E-state index is 4.36. The number of hydrazone groups is 1.